The molecule has 0 aromatic carbocycles. The van der Waals surface area contributed by atoms with E-state index in [1.807, 2.05) is 0 Å². The largest absolute Gasteiger partial charge is 0.418 e. The lowest BCUT2D eigenvalue weighted by molar-refractivity contribution is -0.139. The summed E-state index contributed by atoms with van der Waals surface area (Å²) in [7, 11) is 0. The van der Waals surface area contributed by atoms with E-state index in [-0.39, 0.29) is 12.2 Å². The minimum absolute atomic E-state index is 0.138. The van der Waals surface area contributed by atoms with Gasteiger partial charge in [-0.3, -0.25) is 9.78 Å². The quantitative estimate of drug-likeness (QED) is 0.864. The van der Waals surface area contributed by atoms with Gasteiger partial charge in [-0.05, 0) is 12.1 Å². The Hall–Kier alpha value is -1.63. The third-order valence-electron chi connectivity index (χ3n) is 2.82. The zero-order valence-corrected chi connectivity index (χ0v) is 9.37. The van der Waals surface area contributed by atoms with Crippen molar-refractivity contribution in [3.05, 3.63) is 29.6 Å². The molecular weight excluding hydrogens is 247 g/mol. The van der Waals surface area contributed by atoms with Crippen molar-refractivity contribution in [2.75, 3.05) is 19.6 Å². The van der Waals surface area contributed by atoms with E-state index in [4.69, 9.17) is 0 Å². The van der Waals surface area contributed by atoms with Crippen LogP contribution in [0, 0.1) is 0 Å². The van der Waals surface area contributed by atoms with Crippen molar-refractivity contribution in [1.82, 2.24) is 15.2 Å². The molecule has 1 amide bonds. The van der Waals surface area contributed by atoms with Gasteiger partial charge < -0.3 is 10.2 Å². The first-order valence-electron chi connectivity index (χ1n) is 5.41. The van der Waals surface area contributed by atoms with Crippen LogP contribution in [0.3, 0.4) is 0 Å². The molecule has 0 saturated carbocycles. The first kappa shape index (κ1) is 12.8. The van der Waals surface area contributed by atoms with Crippen LogP contribution in [0.5, 0.6) is 0 Å². The molecule has 1 radical (unpaired) electrons. The maximum absolute atomic E-state index is 12.9. The van der Waals surface area contributed by atoms with Gasteiger partial charge in [-0.25, -0.2) is 0 Å². The monoisotopic (exact) mass is 258 g/mol. The Bertz CT molecular complexity index is 436. The normalized spacial score (nSPS) is 20.8. The SMILES string of the molecule is O=[C]N1CCNCC1c1ncccc1C(F)(F)F. The van der Waals surface area contributed by atoms with Crippen molar-refractivity contribution in [2.24, 2.45) is 0 Å². The molecule has 1 aromatic rings. The highest BCUT2D eigenvalue weighted by atomic mass is 19.4. The predicted octanol–water partition coefficient (Wildman–Crippen LogP) is 1.11. The van der Waals surface area contributed by atoms with E-state index in [0.717, 1.165) is 6.07 Å². The van der Waals surface area contributed by atoms with Crippen LogP contribution in [0.2, 0.25) is 0 Å². The van der Waals surface area contributed by atoms with Crippen LogP contribution in [0.25, 0.3) is 0 Å². The van der Waals surface area contributed by atoms with Gasteiger partial charge >= 0.3 is 12.6 Å². The molecule has 2 rings (SSSR count). The fourth-order valence-electron chi connectivity index (χ4n) is 1.98. The van der Waals surface area contributed by atoms with Crippen LogP contribution < -0.4 is 5.32 Å². The summed E-state index contributed by atoms with van der Waals surface area (Å²) in [5.74, 6) is 0. The lowest BCUT2D eigenvalue weighted by atomic mass is 10.0. The number of piperazine rings is 1. The zero-order chi connectivity index (χ0) is 13.2. The summed E-state index contributed by atoms with van der Waals surface area (Å²) >= 11 is 0. The number of rotatable bonds is 2. The Morgan fingerprint density at radius 2 is 2.28 bits per heavy atom. The number of aromatic nitrogens is 1. The average molecular weight is 258 g/mol. The fourth-order valence-corrected chi connectivity index (χ4v) is 1.98. The van der Waals surface area contributed by atoms with Crippen molar-refractivity contribution in [3.8, 4) is 0 Å². The molecule has 4 nitrogen and oxygen atoms in total. The number of pyridine rings is 1. The smallest absolute Gasteiger partial charge is 0.323 e. The second kappa shape index (κ2) is 4.93. The van der Waals surface area contributed by atoms with Crippen molar-refractivity contribution in [2.45, 2.75) is 12.2 Å². The average Bonchev–Trinajstić information content (AvgIpc) is 2.37. The van der Waals surface area contributed by atoms with Gasteiger partial charge in [-0.15, -0.1) is 0 Å². The summed E-state index contributed by atoms with van der Waals surface area (Å²) in [6.45, 7) is 1.11. The molecule has 18 heavy (non-hydrogen) atoms. The van der Waals surface area contributed by atoms with Crippen LogP contribution in [0.1, 0.15) is 17.3 Å². The molecular formula is C11H11F3N3O. The summed E-state index contributed by atoms with van der Waals surface area (Å²) in [6, 6.07) is 1.48. The van der Waals surface area contributed by atoms with Gasteiger partial charge in [0.2, 0.25) is 0 Å². The van der Waals surface area contributed by atoms with E-state index in [2.05, 4.69) is 10.3 Å². The highest BCUT2D eigenvalue weighted by Crippen LogP contribution is 2.35. The van der Waals surface area contributed by atoms with E-state index in [9.17, 15) is 18.0 Å². The molecule has 1 aromatic heterocycles. The van der Waals surface area contributed by atoms with Crippen molar-refractivity contribution in [3.63, 3.8) is 0 Å². The molecule has 1 fully saturated rings. The van der Waals surface area contributed by atoms with Gasteiger partial charge in [-0.2, -0.15) is 13.2 Å². The maximum atomic E-state index is 12.9. The third-order valence-corrected chi connectivity index (χ3v) is 2.82. The Labute approximate surface area is 102 Å². The molecule has 0 spiro atoms. The van der Waals surface area contributed by atoms with Gasteiger partial charge in [0.1, 0.15) is 0 Å². The number of amides is 1. The van der Waals surface area contributed by atoms with Crippen LogP contribution in [-0.2, 0) is 11.0 Å². The fraction of sp³-hybridized carbons (Fsp3) is 0.455. The van der Waals surface area contributed by atoms with Crippen LogP contribution in [0.4, 0.5) is 13.2 Å². The van der Waals surface area contributed by atoms with Crippen molar-refractivity contribution < 1.29 is 18.0 Å². The zero-order valence-electron chi connectivity index (χ0n) is 9.37. The Kier molecular flexibility index (Phi) is 3.51. The Morgan fingerprint density at radius 1 is 1.50 bits per heavy atom. The number of halogens is 3. The minimum atomic E-state index is -4.48. The summed E-state index contributed by atoms with van der Waals surface area (Å²) in [4.78, 5) is 15.8. The standard InChI is InChI=1S/C11H11F3N3O/c12-11(13,14)8-2-1-3-16-10(8)9-6-15-4-5-17(9)7-18/h1-3,9,15H,4-6H2. The van der Waals surface area contributed by atoms with Gasteiger partial charge in [0.05, 0.1) is 17.3 Å². The topological polar surface area (TPSA) is 45.2 Å². The predicted molar refractivity (Wildman–Crippen MR) is 57.2 cm³/mol. The molecule has 7 heteroatoms. The minimum Gasteiger partial charge on any atom is -0.323 e. The highest BCUT2D eigenvalue weighted by Gasteiger charge is 2.38. The number of nitrogens with one attached hydrogen (secondary N) is 1. The van der Waals surface area contributed by atoms with E-state index in [1.165, 1.54) is 17.2 Å². The Morgan fingerprint density at radius 3 is 2.94 bits per heavy atom. The second-order valence-corrected chi connectivity index (χ2v) is 3.94. The van der Waals surface area contributed by atoms with Crippen molar-refractivity contribution >= 4 is 6.41 Å². The molecule has 97 valence electrons. The van der Waals surface area contributed by atoms with Crippen LogP contribution in [-0.4, -0.2) is 35.9 Å². The lowest BCUT2D eigenvalue weighted by Gasteiger charge is -2.33. The maximum Gasteiger partial charge on any atom is 0.418 e. The third kappa shape index (κ3) is 2.45. The first-order valence-corrected chi connectivity index (χ1v) is 5.41. The summed E-state index contributed by atoms with van der Waals surface area (Å²) in [6.07, 6.45) is -1.52. The van der Waals surface area contributed by atoms with Gasteiger partial charge in [0.15, 0.2) is 0 Å². The van der Waals surface area contributed by atoms with Crippen LogP contribution >= 0.6 is 0 Å². The summed E-state index contributed by atoms with van der Waals surface area (Å²) in [5.41, 5.74) is -0.945. The van der Waals surface area contributed by atoms with Gasteiger partial charge in [0, 0.05) is 25.8 Å². The molecule has 1 saturated heterocycles. The number of hydrogen-bond acceptors (Lipinski definition) is 3. The second-order valence-electron chi connectivity index (χ2n) is 3.94. The van der Waals surface area contributed by atoms with Gasteiger partial charge in [0.25, 0.3) is 0 Å². The number of hydrogen-bond donors (Lipinski definition) is 1. The molecule has 0 aliphatic carbocycles. The molecule has 1 aliphatic rings. The van der Waals surface area contributed by atoms with E-state index in [0.29, 0.717) is 13.1 Å². The van der Waals surface area contributed by atoms with Crippen LogP contribution in [0.15, 0.2) is 18.3 Å². The molecule has 0 bridgehead atoms. The summed E-state index contributed by atoms with van der Waals surface area (Å²) in [5, 5.41) is 2.95. The van der Waals surface area contributed by atoms with E-state index < -0.39 is 17.8 Å². The number of carbonyl (C=O) groups excluding carboxylic acids is 1. The van der Waals surface area contributed by atoms with Gasteiger partial charge in [-0.1, -0.05) is 0 Å². The first-order chi connectivity index (χ1) is 8.54. The molecule has 1 atom stereocenters. The molecule has 2 heterocycles. The number of nitrogens with zero attached hydrogens (tertiary/aromatic N) is 2. The Balaban J connectivity index is 2.40. The number of alkyl halides is 3. The van der Waals surface area contributed by atoms with E-state index >= 15 is 0 Å². The molecule has 1 unspecified atom stereocenters. The molecule has 1 aliphatic heterocycles. The highest BCUT2D eigenvalue weighted by molar-refractivity contribution is 5.50. The van der Waals surface area contributed by atoms with E-state index in [1.54, 1.807) is 6.41 Å². The lowest BCUT2D eigenvalue weighted by Crippen LogP contribution is -2.46. The molecule has 1 N–H and O–H groups in total. The summed E-state index contributed by atoms with van der Waals surface area (Å²) < 4.78 is 38.6. The van der Waals surface area contributed by atoms with Crippen molar-refractivity contribution in [1.29, 1.82) is 0 Å².